The molecule has 14 heteroatoms. The molecule has 0 aliphatic rings. The van der Waals surface area contributed by atoms with Crippen LogP contribution >= 0.6 is 0 Å². The van der Waals surface area contributed by atoms with Crippen LogP contribution in [0, 0.1) is 69.1 Å². The Morgan fingerprint density at radius 1 is 0.400 bits per heavy atom. The van der Waals surface area contributed by atoms with Crippen LogP contribution in [0.4, 0.5) is 0 Å². The van der Waals surface area contributed by atoms with E-state index in [0.29, 0.717) is 0 Å². The van der Waals surface area contributed by atoms with Crippen LogP contribution in [-0.2, 0) is 17.1 Å². The van der Waals surface area contributed by atoms with Gasteiger partial charge >= 0.3 is 51.4 Å². The second-order valence-corrected chi connectivity index (χ2v) is 0.600. The molecule has 0 bridgehead atoms. The van der Waals surface area contributed by atoms with E-state index in [0.717, 1.165) is 37.5 Å². The van der Waals surface area contributed by atoms with Crippen molar-refractivity contribution in [2.75, 3.05) is 0 Å². The molecule has 0 radical (unpaired) electrons. The van der Waals surface area contributed by atoms with Crippen LogP contribution in [0.5, 0.6) is 0 Å². The SMILES string of the molecule is N#CO.N#CO.N#CO.N#CO.N#CO.N#CO.[Fe].[KH]. The first-order valence-electron chi connectivity index (χ1n) is 2.68. The van der Waals surface area contributed by atoms with Crippen LogP contribution in [0.1, 0.15) is 0 Å². The van der Waals surface area contributed by atoms with Gasteiger partial charge in [0.05, 0.1) is 0 Å². The van der Waals surface area contributed by atoms with Gasteiger partial charge in [-0.1, -0.05) is 0 Å². The summed E-state index contributed by atoms with van der Waals surface area (Å²) in [5.41, 5.74) is 0. The Kier molecular flexibility index (Phi) is 734. The monoisotopic (exact) mass is 354 g/mol. The molecule has 0 fully saturated rings. The van der Waals surface area contributed by atoms with E-state index in [1.165, 1.54) is 0 Å². The average molecular weight is 354 g/mol. The predicted molar refractivity (Wildman–Crippen MR) is 52.4 cm³/mol. The molecule has 0 amide bonds. The van der Waals surface area contributed by atoms with Crippen LogP contribution in [-0.4, -0.2) is 82.0 Å². The molecule has 0 aromatic rings. The molecule has 0 saturated carbocycles. The Labute approximate surface area is 166 Å². The molecule has 0 atom stereocenters. The van der Waals surface area contributed by atoms with E-state index in [1.807, 2.05) is 0 Å². The third-order valence-corrected chi connectivity index (χ3v) is 0. The average Bonchev–Trinajstić information content (AvgIpc) is 2.23. The molecule has 0 heterocycles. The van der Waals surface area contributed by atoms with Gasteiger partial charge < -0.3 is 30.6 Å². The Bertz CT molecular complexity index is 262. The van der Waals surface area contributed by atoms with E-state index < -0.39 is 0 Å². The number of hydrogen-bond acceptors (Lipinski definition) is 12. The van der Waals surface area contributed by atoms with Crippen molar-refractivity contribution in [2.45, 2.75) is 0 Å². The molecule has 0 aromatic heterocycles. The van der Waals surface area contributed by atoms with Crippen LogP contribution in [0.25, 0.3) is 0 Å². The summed E-state index contributed by atoms with van der Waals surface area (Å²) in [4.78, 5) is 0. The Morgan fingerprint density at radius 3 is 0.400 bits per heavy atom. The maximum atomic E-state index is 6.88. The maximum absolute atomic E-state index is 6.88. The second kappa shape index (κ2) is 281. The first kappa shape index (κ1) is 52.2. The third-order valence-electron chi connectivity index (χ3n) is 0. The van der Waals surface area contributed by atoms with Crippen LogP contribution in [0.2, 0.25) is 0 Å². The van der Waals surface area contributed by atoms with Gasteiger partial charge in [0, 0.05) is 17.1 Å². The molecule has 106 valence electrons. The van der Waals surface area contributed by atoms with Gasteiger partial charge in [-0.15, -0.1) is 0 Å². The zero-order valence-electron chi connectivity index (χ0n) is 8.72. The molecular weight excluding hydrogens is 347 g/mol. The van der Waals surface area contributed by atoms with Crippen molar-refractivity contribution < 1.29 is 47.7 Å². The Balaban J connectivity index is -0.0000000141. The van der Waals surface area contributed by atoms with E-state index >= 15 is 0 Å². The van der Waals surface area contributed by atoms with Gasteiger partial charge in [0.1, 0.15) is 0 Å². The molecule has 20 heavy (non-hydrogen) atoms. The standard InChI is InChI=1S/6CHNO.Fe.K.H/c6*2-1-3;;;/h6*3H;;;. The minimum absolute atomic E-state index is 0. The fourth-order valence-electron chi connectivity index (χ4n) is 0. The number of aliphatic hydroxyl groups is 6. The third kappa shape index (κ3) is 797. The molecule has 12 nitrogen and oxygen atoms in total. The Hall–Kier alpha value is -2.10. The van der Waals surface area contributed by atoms with Crippen LogP contribution in [0.3, 0.4) is 0 Å². The zero-order valence-corrected chi connectivity index (χ0v) is 9.82. The van der Waals surface area contributed by atoms with Gasteiger partial charge in [-0.25, -0.2) is 0 Å². The summed E-state index contributed by atoms with van der Waals surface area (Å²) in [6, 6.07) is 0. The molecule has 6 N–H and O–H groups in total. The second-order valence-electron chi connectivity index (χ2n) is 0.600. The molecule has 0 aliphatic heterocycles. The summed E-state index contributed by atoms with van der Waals surface area (Å²) in [6.07, 6.45) is 4.50. The van der Waals surface area contributed by atoms with Gasteiger partial charge in [-0.3, -0.25) is 0 Å². The summed E-state index contributed by atoms with van der Waals surface area (Å²) in [5.74, 6) is 0. The van der Waals surface area contributed by atoms with Crippen molar-refractivity contribution >= 4 is 51.4 Å². The number of nitriles is 6. The number of hydrogen-bond donors (Lipinski definition) is 6. The van der Waals surface area contributed by atoms with E-state index in [4.69, 9.17) is 62.2 Å². The predicted octanol–water partition coefficient (Wildman–Crippen LogP) is -1.61. The van der Waals surface area contributed by atoms with Crippen LogP contribution < -0.4 is 0 Å². The summed E-state index contributed by atoms with van der Waals surface area (Å²) in [7, 11) is 0. The van der Waals surface area contributed by atoms with E-state index in [1.54, 1.807) is 0 Å². The molecule has 0 aliphatic carbocycles. The van der Waals surface area contributed by atoms with Gasteiger partial charge in [0.15, 0.2) is 0 Å². The van der Waals surface area contributed by atoms with Gasteiger partial charge in [-0.2, -0.15) is 31.6 Å². The minimum atomic E-state index is 0. The molecule has 0 unspecified atom stereocenters. The first-order chi connectivity index (χ1) is 8.49. The molecule has 0 spiro atoms. The molecule has 0 aromatic carbocycles. The van der Waals surface area contributed by atoms with Crippen molar-refractivity contribution in [1.29, 1.82) is 31.6 Å². The molecular formula is C6H7FeKN6O6. The normalized spacial score (nSPS) is 2.10. The van der Waals surface area contributed by atoms with Gasteiger partial charge in [0.25, 0.3) is 37.5 Å². The fourth-order valence-corrected chi connectivity index (χ4v) is 0. The number of aliphatic hydroxyl groups excluding tert-OH is 6. The summed E-state index contributed by atoms with van der Waals surface area (Å²) in [5, 5.41) is 82.5. The van der Waals surface area contributed by atoms with Gasteiger partial charge in [0.2, 0.25) is 0 Å². The van der Waals surface area contributed by atoms with E-state index in [-0.39, 0.29) is 68.5 Å². The van der Waals surface area contributed by atoms with Crippen LogP contribution in [0.15, 0.2) is 0 Å². The number of rotatable bonds is 0. The number of nitrogens with zero attached hydrogens (tertiary/aromatic N) is 6. The fraction of sp³-hybridized carbons (Fsp3) is 0. The zero-order chi connectivity index (χ0) is 16.2. The van der Waals surface area contributed by atoms with Crippen molar-refractivity contribution in [3.63, 3.8) is 0 Å². The summed E-state index contributed by atoms with van der Waals surface area (Å²) < 4.78 is 0. The van der Waals surface area contributed by atoms with E-state index in [2.05, 4.69) is 0 Å². The van der Waals surface area contributed by atoms with Crippen molar-refractivity contribution in [3.8, 4) is 37.5 Å². The van der Waals surface area contributed by atoms with Gasteiger partial charge in [-0.05, 0) is 0 Å². The summed E-state index contributed by atoms with van der Waals surface area (Å²) in [6.45, 7) is 0. The first-order valence-corrected chi connectivity index (χ1v) is 2.68. The topological polar surface area (TPSA) is 264 Å². The quantitative estimate of drug-likeness (QED) is 0.212. The van der Waals surface area contributed by atoms with Crippen molar-refractivity contribution in [2.24, 2.45) is 0 Å². The Morgan fingerprint density at radius 2 is 0.400 bits per heavy atom. The van der Waals surface area contributed by atoms with E-state index in [9.17, 15) is 0 Å². The van der Waals surface area contributed by atoms with Crippen molar-refractivity contribution in [3.05, 3.63) is 0 Å². The van der Waals surface area contributed by atoms with Crippen molar-refractivity contribution in [1.82, 2.24) is 0 Å². The molecule has 0 saturated heterocycles. The molecule has 0 rings (SSSR count). The summed E-state index contributed by atoms with van der Waals surface area (Å²) >= 11 is 0.